The van der Waals surface area contributed by atoms with Gasteiger partial charge in [0.2, 0.25) is 0 Å². The van der Waals surface area contributed by atoms with Crippen LogP contribution >= 0.6 is 11.3 Å². The molecular weight excluding hydrogens is 216 g/mol. The lowest BCUT2D eigenvalue weighted by molar-refractivity contribution is 0.425. The summed E-state index contributed by atoms with van der Waals surface area (Å²) in [7, 11) is 0. The molecule has 1 N–H and O–H groups in total. The lowest BCUT2D eigenvalue weighted by Crippen LogP contribution is -2.27. The molecule has 90 valence electrons. The van der Waals surface area contributed by atoms with Crippen molar-refractivity contribution in [3.63, 3.8) is 0 Å². The molecule has 0 amide bonds. The van der Waals surface area contributed by atoms with E-state index in [2.05, 4.69) is 22.6 Å². The van der Waals surface area contributed by atoms with Crippen LogP contribution in [0.1, 0.15) is 50.5 Å². The van der Waals surface area contributed by atoms with Gasteiger partial charge in [-0.1, -0.05) is 26.2 Å². The first-order chi connectivity index (χ1) is 7.88. The molecule has 0 spiro atoms. The van der Waals surface area contributed by atoms with Crippen LogP contribution in [0.15, 0.2) is 11.6 Å². The van der Waals surface area contributed by atoms with Crippen molar-refractivity contribution in [3.8, 4) is 0 Å². The van der Waals surface area contributed by atoms with Gasteiger partial charge in [0.15, 0.2) is 0 Å². The first-order valence-corrected chi connectivity index (χ1v) is 7.38. The molecule has 0 bridgehead atoms. The third kappa shape index (κ3) is 3.56. The maximum atomic E-state index is 4.31. The minimum absolute atomic E-state index is 0.723. The first-order valence-electron chi connectivity index (χ1n) is 6.50. The Kier molecular flexibility index (Phi) is 4.79. The van der Waals surface area contributed by atoms with Crippen LogP contribution in [0.2, 0.25) is 0 Å². The Labute approximate surface area is 102 Å². The molecule has 3 heteroatoms. The molecule has 0 saturated heterocycles. The monoisotopic (exact) mass is 238 g/mol. The van der Waals surface area contributed by atoms with Gasteiger partial charge in [0, 0.05) is 24.2 Å². The largest absolute Gasteiger partial charge is 0.308 e. The maximum Gasteiger partial charge on any atom is 0.106 e. The van der Waals surface area contributed by atoms with Crippen LogP contribution in [0.4, 0.5) is 0 Å². The first kappa shape index (κ1) is 12.1. The van der Waals surface area contributed by atoms with E-state index in [4.69, 9.17) is 0 Å². The van der Waals surface area contributed by atoms with Crippen molar-refractivity contribution in [1.82, 2.24) is 10.3 Å². The van der Waals surface area contributed by atoms with Gasteiger partial charge in [-0.25, -0.2) is 4.98 Å². The second kappa shape index (κ2) is 6.36. The minimum atomic E-state index is 0.723. The summed E-state index contributed by atoms with van der Waals surface area (Å²) in [5.41, 5.74) is 0. The van der Waals surface area contributed by atoms with Crippen molar-refractivity contribution in [2.75, 3.05) is 0 Å². The van der Waals surface area contributed by atoms with Gasteiger partial charge in [-0.05, 0) is 25.2 Å². The molecule has 1 aliphatic carbocycles. The topological polar surface area (TPSA) is 24.9 Å². The van der Waals surface area contributed by atoms with Crippen LogP contribution in [0, 0.1) is 5.92 Å². The summed E-state index contributed by atoms with van der Waals surface area (Å²) in [6.07, 6.45) is 10.2. The predicted molar refractivity (Wildman–Crippen MR) is 69.6 cm³/mol. The summed E-state index contributed by atoms with van der Waals surface area (Å²) in [6, 6.07) is 0.723. The molecule has 2 nitrogen and oxygen atoms in total. The summed E-state index contributed by atoms with van der Waals surface area (Å²) in [5, 5.41) is 6.93. The van der Waals surface area contributed by atoms with Crippen molar-refractivity contribution in [2.45, 2.75) is 58.0 Å². The van der Waals surface area contributed by atoms with Crippen molar-refractivity contribution < 1.29 is 0 Å². The third-order valence-corrected chi connectivity index (χ3v) is 4.47. The van der Waals surface area contributed by atoms with Crippen molar-refractivity contribution >= 4 is 11.3 Å². The highest BCUT2D eigenvalue weighted by molar-refractivity contribution is 7.09. The average molecular weight is 238 g/mol. The van der Waals surface area contributed by atoms with E-state index >= 15 is 0 Å². The summed E-state index contributed by atoms with van der Waals surface area (Å²) in [4.78, 5) is 4.31. The molecule has 2 unspecified atom stereocenters. The lowest BCUT2D eigenvalue weighted by Gasteiger charge is -2.15. The second-order valence-electron chi connectivity index (χ2n) is 4.79. The number of thiazole rings is 1. The molecule has 2 rings (SSSR count). The maximum absolute atomic E-state index is 4.31. The molecule has 16 heavy (non-hydrogen) atoms. The Morgan fingerprint density at radius 1 is 1.38 bits per heavy atom. The number of nitrogens with one attached hydrogen (secondary N) is 1. The number of aromatic nitrogens is 1. The summed E-state index contributed by atoms with van der Waals surface area (Å²) < 4.78 is 0. The normalized spacial score (nSPS) is 26.6. The molecule has 1 aliphatic rings. The number of hydrogen-bond acceptors (Lipinski definition) is 3. The van der Waals surface area contributed by atoms with E-state index in [0.29, 0.717) is 0 Å². The molecule has 1 fully saturated rings. The van der Waals surface area contributed by atoms with Crippen molar-refractivity contribution in [2.24, 2.45) is 5.92 Å². The molecule has 1 aromatic heterocycles. The van der Waals surface area contributed by atoms with Crippen LogP contribution in [0.5, 0.6) is 0 Å². The second-order valence-corrected chi connectivity index (χ2v) is 5.77. The van der Waals surface area contributed by atoms with E-state index in [-0.39, 0.29) is 0 Å². The highest BCUT2D eigenvalue weighted by atomic mass is 32.1. The number of hydrogen-bond donors (Lipinski definition) is 1. The van der Waals surface area contributed by atoms with Gasteiger partial charge in [0.05, 0.1) is 0 Å². The van der Waals surface area contributed by atoms with Crippen LogP contribution in [0.25, 0.3) is 0 Å². The molecular formula is C13H22N2S. The van der Waals surface area contributed by atoms with Gasteiger partial charge in [0.1, 0.15) is 5.01 Å². The van der Waals surface area contributed by atoms with Crippen LogP contribution in [-0.4, -0.2) is 11.0 Å². The minimum Gasteiger partial charge on any atom is -0.308 e. The Morgan fingerprint density at radius 3 is 3.06 bits per heavy atom. The fraction of sp³-hybridized carbons (Fsp3) is 0.769. The van der Waals surface area contributed by atoms with Crippen LogP contribution in [-0.2, 0) is 6.54 Å². The molecule has 0 aromatic carbocycles. The lowest BCUT2D eigenvalue weighted by atomic mass is 9.98. The summed E-state index contributed by atoms with van der Waals surface area (Å²) in [5.74, 6) is 0.978. The Hall–Kier alpha value is -0.410. The SMILES string of the molecule is CCC1CCCC(NCc2nccs2)CC1. The molecule has 1 saturated carbocycles. The molecule has 2 atom stereocenters. The van der Waals surface area contributed by atoms with E-state index in [1.807, 2.05) is 6.20 Å². The summed E-state index contributed by atoms with van der Waals surface area (Å²) in [6.45, 7) is 3.28. The zero-order chi connectivity index (χ0) is 11.2. The zero-order valence-electron chi connectivity index (χ0n) is 10.1. The smallest absolute Gasteiger partial charge is 0.106 e. The van der Waals surface area contributed by atoms with Gasteiger partial charge in [-0.15, -0.1) is 11.3 Å². The molecule has 1 aromatic rings. The van der Waals surface area contributed by atoms with E-state index in [9.17, 15) is 0 Å². The number of nitrogens with zero attached hydrogens (tertiary/aromatic N) is 1. The van der Waals surface area contributed by atoms with E-state index in [0.717, 1.165) is 18.5 Å². The van der Waals surface area contributed by atoms with Crippen molar-refractivity contribution in [1.29, 1.82) is 0 Å². The Morgan fingerprint density at radius 2 is 2.31 bits per heavy atom. The standard InChI is InChI=1S/C13H22N2S/c1-2-11-4-3-5-12(7-6-11)15-10-13-14-8-9-16-13/h8-9,11-12,15H,2-7,10H2,1H3. The Balaban J connectivity index is 1.73. The fourth-order valence-electron chi connectivity index (χ4n) is 2.56. The third-order valence-electron chi connectivity index (χ3n) is 3.69. The molecule has 1 heterocycles. The zero-order valence-corrected chi connectivity index (χ0v) is 10.9. The van der Waals surface area contributed by atoms with E-state index < -0.39 is 0 Å². The van der Waals surface area contributed by atoms with Gasteiger partial charge < -0.3 is 5.32 Å². The van der Waals surface area contributed by atoms with E-state index in [1.165, 1.54) is 43.5 Å². The summed E-state index contributed by atoms with van der Waals surface area (Å²) >= 11 is 1.75. The molecule has 0 aliphatic heterocycles. The van der Waals surface area contributed by atoms with Gasteiger partial charge in [-0.3, -0.25) is 0 Å². The fourth-order valence-corrected chi connectivity index (χ4v) is 3.13. The Bertz CT molecular complexity index is 284. The quantitative estimate of drug-likeness (QED) is 0.811. The van der Waals surface area contributed by atoms with Gasteiger partial charge in [-0.2, -0.15) is 0 Å². The average Bonchev–Trinajstić information content (AvgIpc) is 2.72. The number of rotatable bonds is 4. The molecule has 0 radical (unpaired) electrons. The van der Waals surface area contributed by atoms with E-state index in [1.54, 1.807) is 11.3 Å². The van der Waals surface area contributed by atoms with Gasteiger partial charge >= 0.3 is 0 Å². The van der Waals surface area contributed by atoms with Crippen molar-refractivity contribution in [3.05, 3.63) is 16.6 Å². The van der Waals surface area contributed by atoms with Crippen LogP contribution < -0.4 is 5.32 Å². The predicted octanol–water partition coefficient (Wildman–Crippen LogP) is 3.59. The van der Waals surface area contributed by atoms with Crippen LogP contribution in [0.3, 0.4) is 0 Å². The highest BCUT2D eigenvalue weighted by Gasteiger charge is 2.17. The highest BCUT2D eigenvalue weighted by Crippen LogP contribution is 2.25. The van der Waals surface area contributed by atoms with Gasteiger partial charge in [0.25, 0.3) is 0 Å².